The van der Waals surface area contributed by atoms with E-state index < -0.39 is 43.2 Å². The smallest absolute Gasteiger partial charge is 0.416 e. The number of aromatic carboxylic acids is 1. The predicted octanol–water partition coefficient (Wildman–Crippen LogP) is 17.2. The Bertz CT molecular complexity index is 5720. The van der Waals surface area contributed by atoms with Gasteiger partial charge in [0.25, 0.3) is 17.7 Å². The molecule has 0 spiro atoms. The average Bonchev–Trinajstić information content (AvgIpc) is 1.60. The maximum Gasteiger partial charge on any atom is 0.416 e. The van der Waals surface area contributed by atoms with E-state index in [1.165, 1.54) is 22.0 Å². The number of Topliss-reactive ketones (excluding diaryl/α,β-unsaturated/α-hetero) is 2. The van der Waals surface area contributed by atoms with Crippen LogP contribution < -0.4 is 41.0 Å². The first-order valence-corrected chi connectivity index (χ1v) is 46.0. The van der Waals surface area contributed by atoms with Crippen LogP contribution in [0.15, 0.2) is 171 Å². The quantitative estimate of drug-likeness (QED) is 0.0107. The van der Waals surface area contributed by atoms with Gasteiger partial charge in [-0.3, -0.25) is 33.6 Å². The maximum atomic E-state index is 14.2. The first-order chi connectivity index (χ1) is 64.3. The van der Waals surface area contributed by atoms with Gasteiger partial charge in [-0.05, 0) is 223 Å². The number of carboxylic acids is 1. The molecule has 6 atom stereocenters. The highest BCUT2D eigenvalue weighted by atomic mass is 16.7. The van der Waals surface area contributed by atoms with Gasteiger partial charge in [0.05, 0.1) is 70.6 Å². The Morgan fingerprint density at radius 3 is 1.30 bits per heavy atom. The summed E-state index contributed by atoms with van der Waals surface area (Å²) in [6, 6.07) is 35.2. The Morgan fingerprint density at radius 1 is 0.466 bits per heavy atom. The van der Waals surface area contributed by atoms with Gasteiger partial charge in [-0.2, -0.15) is 0 Å². The van der Waals surface area contributed by atoms with Crippen LogP contribution in [0.1, 0.15) is 213 Å². The molecule has 31 heteroatoms. The van der Waals surface area contributed by atoms with E-state index in [-0.39, 0.29) is 97.8 Å². The molecule has 702 valence electrons. The molecule has 0 bridgehead atoms. The molecule has 9 aromatic rings. The minimum atomic E-state index is -0.998. The molecule has 6 N–H and O–H groups in total. The molecule has 0 aliphatic carbocycles. The van der Waals surface area contributed by atoms with E-state index in [9.17, 15) is 53.1 Å². The summed E-state index contributed by atoms with van der Waals surface area (Å²) >= 11 is 0. The standard InChI is InChI=1S/C54H63N7O9.C48H57N5O10/c1-5-25-69-54(66)61-44-32-48(35(2)28-42(44)52(65)60-24-10-8-13-43(60)53(61)70-50-15-9-12-27-68-50)67-26-11-6-7-14-49(63)56-41-31-45(59(4)34-41)47(62)29-36-16-18-37(19-17-36)38-30-46(58(3)33-38)51(64)57-40-22-20-39(55)21-23-40;1-5-21-62-48(59)53-38-28-42(31(2)24-36(38)45(56)52-20-10-8-13-37(52)46(53)63-44-15-9-12-23-61-44)60-22-11-6-7-14-43(55)49-35-27-39(51(4)30-35)41(54)25-32-16-18-33(19-17-32)34-26-40(47(57)58)50(3)29-34/h5,16-23,28,30-34,43,50,53H,1,6-15,24-27,29,55H2,2-4H3,(H,56,63)(H,57,64);5,16-19,24,26-30,37,44,46H,1,6-15,20-23,25H2,2-4H3,(H,49,55)(H,57,58)/t43-,50?,53?;37-,44?,46?/m00/s1. The number of anilines is 6. The molecule has 6 aliphatic rings. The summed E-state index contributed by atoms with van der Waals surface area (Å²) < 4.78 is 55.7. The van der Waals surface area contributed by atoms with Crippen LogP contribution in [0.2, 0.25) is 0 Å². The van der Waals surface area contributed by atoms with Crippen LogP contribution >= 0.6 is 0 Å². The number of ether oxygens (including phenoxy) is 8. The zero-order valence-corrected chi connectivity index (χ0v) is 76.6. The maximum absolute atomic E-state index is 14.2. The van der Waals surface area contributed by atoms with Crippen molar-refractivity contribution in [2.75, 3.05) is 84.2 Å². The summed E-state index contributed by atoms with van der Waals surface area (Å²) in [5.41, 5.74) is 17.8. The molecular formula is C102H120N12O19. The second kappa shape index (κ2) is 44.7. The molecule has 7 amide bonds. The van der Waals surface area contributed by atoms with Crippen LogP contribution in [0.3, 0.4) is 0 Å². The van der Waals surface area contributed by atoms with Gasteiger partial charge >= 0.3 is 18.2 Å². The Balaban J connectivity index is 0.000000215. The Morgan fingerprint density at radius 2 is 0.887 bits per heavy atom. The number of nitrogens with zero attached hydrogens (tertiary/aromatic N) is 8. The van der Waals surface area contributed by atoms with Crippen molar-refractivity contribution in [2.24, 2.45) is 28.2 Å². The third-order valence-electron chi connectivity index (χ3n) is 24.9. The number of ketones is 2. The van der Waals surface area contributed by atoms with Crippen molar-refractivity contribution in [1.82, 2.24) is 28.1 Å². The van der Waals surface area contributed by atoms with Crippen LogP contribution in [0.25, 0.3) is 22.3 Å². The fourth-order valence-electron chi connectivity index (χ4n) is 18.0. The number of rotatable bonds is 35. The lowest BCUT2D eigenvalue weighted by molar-refractivity contribution is -0.199. The van der Waals surface area contributed by atoms with Crippen LogP contribution in [-0.2, 0) is 79.0 Å². The van der Waals surface area contributed by atoms with E-state index in [1.807, 2.05) is 91.5 Å². The summed E-state index contributed by atoms with van der Waals surface area (Å²) in [6.45, 7) is 14.1. The van der Waals surface area contributed by atoms with E-state index in [0.717, 1.165) is 95.9 Å². The van der Waals surface area contributed by atoms with Gasteiger partial charge in [-0.25, -0.2) is 24.2 Å². The monoisotopic (exact) mass is 1820 g/mol. The summed E-state index contributed by atoms with van der Waals surface area (Å²) in [7, 11) is 7.05. The zero-order chi connectivity index (χ0) is 93.9. The number of carboxylic acid groups (broad SMARTS) is 1. The molecule has 0 radical (unpaired) electrons. The van der Waals surface area contributed by atoms with Crippen molar-refractivity contribution >= 4 is 93.4 Å². The fourth-order valence-corrected chi connectivity index (χ4v) is 18.0. The van der Waals surface area contributed by atoms with Gasteiger partial charge in [0.1, 0.15) is 36.1 Å². The third kappa shape index (κ3) is 23.8. The highest BCUT2D eigenvalue weighted by Crippen LogP contribution is 2.44. The molecule has 6 aliphatic heterocycles. The molecule has 4 saturated heterocycles. The zero-order valence-electron chi connectivity index (χ0n) is 76.6. The topological polar surface area (TPSA) is 360 Å². The number of nitrogens with one attached hydrogen (secondary N) is 3. The molecule has 4 fully saturated rings. The first kappa shape index (κ1) is 95.7. The largest absolute Gasteiger partial charge is 0.493 e. The lowest BCUT2D eigenvalue weighted by Gasteiger charge is -2.42. The molecular weight excluding hydrogens is 1700 g/mol. The molecule has 15 rings (SSSR count). The van der Waals surface area contributed by atoms with Gasteiger partial charge in [-0.1, -0.05) is 73.8 Å². The molecule has 0 saturated carbocycles. The molecule has 4 aromatic heterocycles. The summed E-state index contributed by atoms with van der Waals surface area (Å²) in [5, 5.41) is 18.1. The summed E-state index contributed by atoms with van der Waals surface area (Å²) in [6.07, 6.45) is 21.0. The average molecular weight is 1820 g/mol. The predicted molar refractivity (Wildman–Crippen MR) is 504 cm³/mol. The number of nitrogen functional groups attached to an aromatic ring is 1. The van der Waals surface area contributed by atoms with Crippen LogP contribution in [0.4, 0.5) is 43.7 Å². The number of aryl methyl sites for hydroxylation is 6. The molecule has 10 heterocycles. The van der Waals surface area contributed by atoms with Crippen LogP contribution in [0.5, 0.6) is 11.5 Å². The molecule has 31 nitrogen and oxygen atoms in total. The second-order valence-electron chi connectivity index (χ2n) is 34.8. The lowest BCUT2D eigenvalue weighted by Crippen LogP contribution is -2.57. The number of amides is 7. The van der Waals surface area contributed by atoms with E-state index in [0.29, 0.717) is 178 Å². The van der Waals surface area contributed by atoms with Crippen molar-refractivity contribution in [3.05, 3.63) is 228 Å². The van der Waals surface area contributed by atoms with E-state index in [4.69, 9.17) is 43.6 Å². The number of piperidine rings is 2. The Kier molecular flexibility index (Phi) is 32.2. The van der Waals surface area contributed by atoms with Crippen molar-refractivity contribution in [1.29, 1.82) is 0 Å². The first-order valence-electron chi connectivity index (χ1n) is 46.0. The van der Waals surface area contributed by atoms with Crippen LogP contribution in [-0.4, -0.2) is 182 Å². The number of hydrogen-bond acceptors (Lipinski definition) is 19. The van der Waals surface area contributed by atoms with Gasteiger partial charge < -0.3 is 92.8 Å². The Hall–Kier alpha value is -13.4. The summed E-state index contributed by atoms with van der Waals surface area (Å²) in [4.78, 5) is 140. The minimum absolute atomic E-state index is 0.00718. The van der Waals surface area contributed by atoms with Crippen molar-refractivity contribution in [2.45, 2.75) is 192 Å². The summed E-state index contributed by atoms with van der Waals surface area (Å²) in [5.74, 6) is -1.01. The number of hydrogen-bond donors (Lipinski definition) is 5. The van der Waals surface area contributed by atoms with Crippen LogP contribution in [0, 0.1) is 13.8 Å². The Labute approximate surface area is 774 Å². The van der Waals surface area contributed by atoms with Crippen molar-refractivity contribution in [3.63, 3.8) is 0 Å². The number of nitrogens with two attached hydrogens (primary N) is 1. The fraction of sp³-hybridized carbons (Fsp3) is 0.412. The van der Waals surface area contributed by atoms with Gasteiger partial charge in [-0.15, -0.1) is 0 Å². The molecule has 5 aromatic carbocycles. The van der Waals surface area contributed by atoms with E-state index in [1.54, 1.807) is 125 Å². The van der Waals surface area contributed by atoms with E-state index >= 15 is 0 Å². The number of fused-ring (bicyclic) bond motifs is 4. The number of carbonyl (C=O) groups excluding carboxylic acids is 9. The lowest BCUT2D eigenvalue weighted by atomic mass is 10.00. The molecule has 133 heavy (non-hydrogen) atoms. The number of carbonyl (C=O) groups is 10. The highest BCUT2D eigenvalue weighted by Gasteiger charge is 2.49. The number of benzene rings is 5. The van der Waals surface area contributed by atoms with Gasteiger partial charge in [0.15, 0.2) is 36.6 Å². The third-order valence-corrected chi connectivity index (χ3v) is 24.9. The minimum Gasteiger partial charge on any atom is -0.493 e. The van der Waals surface area contributed by atoms with Gasteiger partial charge in [0, 0.05) is 140 Å². The molecule has 4 unspecified atom stereocenters. The number of aromatic nitrogens is 4. The van der Waals surface area contributed by atoms with Crippen molar-refractivity contribution in [3.8, 4) is 33.8 Å². The SMILES string of the molecule is C=CCOC(=O)N1c2cc(OCCCCCC(=O)Nc3cc(C(=O)Cc4ccc(-c5cc(C(=O)Nc6ccc(N)cc6)n(C)c5)cc4)n(C)c3)c(C)cc2C(=O)N2CCCC[C@H]2C1OC1CCCCO1.C=CCOC(=O)N1c2cc(OCCCCCC(=O)Nc3cc(C(=O)Cc4ccc(-c5cc(C(=O)O)n(C)c5)cc4)n(C)c3)c(C)cc2C(=O)N2CCCC[C@H]2C1OC1CCCCO1. The van der Waals surface area contributed by atoms with E-state index in [2.05, 4.69) is 29.1 Å². The second-order valence-corrected chi connectivity index (χ2v) is 34.8. The van der Waals surface area contributed by atoms with Crippen molar-refractivity contribution < 1.29 is 90.9 Å². The normalized spacial score (nSPS) is 18.1. The highest BCUT2D eigenvalue weighted by molar-refractivity contribution is 6.08. The number of unbranched alkanes of at least 4 members (excludes halogenated alkanes) is 4. The van der Waals surface area contributed by atoms with Gasteiger partial charge in [0.2, 0.25) is 11.8 Å².